The molecule has 0 aliphatic heterocycles. The zero-order valence-electron chi connectivity index (χ0n) is 9.09. The van der Waals surface area contributed by atoms with Crippen LogP contribution in [0.1, 0.15) is 13.8 Å². The zero-order chi connectivity index (χ0) is 11.0. The summed E-state index contributed by atoms with van der Waals surface area (Å²) in [6, 6.07) is 0. The Hall–Kier alpha value is -1.68. The van der Waals surface area contributed by atoms with Crippen molar-refractivity contribution in [2.24, 2.45) is 0 Å². The molecule has 0 spiro atoms. The number of nitrogens with one attached hydrogen (secondary N) is 1. The van der Waals surface area contributed by atoms with Gasteiger partial charge in [0.25, 0.3) is 0 Å². The fourth-order valence-corrected chi connectivity index (χ4v) is 0.896. The average molecular weight is 187 g/mol. The Balaban J connectivity index is 4.86. The van der Waals surface area contributed by atoms with Gasteiger partial charge in [0.1, 0.15) is 0 Å². The lowest BCUT2D eigenvalue weighted by Gasteiger charge is -1.99. The van der Waals surface area contributed by atoms with Crippen LogP contribution in [0.25, 0.3) is 0 Å². The van der Waals surface area contributed by atoms with Crippen LogP contribution in [0.2, 0.25) is 0 Å². The van der Waals surface area contributed by atoms with Gasteiger partial charge in [0.05, 0.1) is 5.70 Å². The van der Waals surface area contributed by atoms with E-state index in [1.807, 2.05) is 38.2 Å². The Bertz CT molecular complexity index is 322. The van der Waals surface area contributed by atoms with Crippen molar-refractivity contribution in [3.8, 4) is 12.3 Å². The summed E-state index contributed by atoms with van der Waals surface area (Å²) in [5, 5.41) is 2.91. The van der Waals surface area contributed by atoms with Crippen LogP contribution >= 0.6 is 0 Å². The number of hydrogen-bond acceptors (Lipinski definition) is 1. The summed E-state index contributed by atoms with van der Waals surface area (Å²) in [6.07, 6.45) is 13.1. The van der Waals surface area contributed by atoms with E-state index < -0.39 is 0 Å². The monoisotopic (exact) mass is 187 g/mol. The van der Waals surface area contributed by atoms with Crippen LogP contribution in [-0.2, 0) is 0 Å². The molecule has 0 aliphatic rings. The molecular formula is C13H17N. The Morgan fingerprint density at radius 1 is 1.43 bits per heavy atom. The molecular weight excluding hydrogens is 170 g/mol. The molecule has 0 saturated heterocycles. The van der Waals surface area contributed by atoms with Crippen LogP contribution in [0.4, 0.5) is 0 Å². The van der Waals surface area contributed by atoms with Crippen molar-refractivity contribution in [2.45, 2.75) is 13.8 Å². The van der Waals surface area contributed by atoms with Gasteiger partial charge < -0.3 is 5.32 Å². The van der Waals surface area contributed by atoms with Gasteiger partial charge in [-0.2, -0.15) is 0 Å². The summed E-state index contributed by atoms with van der Waals surface area (Å²) in [6.45, 7) is 7.82. The second-order valence-corrected chi connectivity index (χ2v) is 2.88. The van der Waals surface area contributed by atoms with Gasteiger partial charge in [-0.3, -0.25) is 0 Å². The van der Waals surface area contributed by atoms with Crippen LogP contribution in [0.3, 0.4) is 0 Å². The summed E-state index contributed by atoms with van der Waals surface area (Å²) in [4.78, 5) is 0. The molecule has 0 radical (unpaired) electrons. The van der Waals surface area contributed by atoms with Gasteiger partial charge in [0.2, 0.25) is 0 Å². The van der Waals surface area contributed by atoms with Gasteiger partial charge in [0.15, 0.2) is 0 Å². The van der Waals surface area contributed by atoms with Crippen LogP contribution in [-0.4, -0.2) is 7.05 Å². The van der Waals surface area contributed by atoms with Gasteiger partial charge in [-0.05, 0) is 25.5 Å². The Kier molecular flexibility index (Phi) is 5.98. The van der Waals surface area contributed by atoms with Gasteiger partial charge in [-0.25, -0.2) is 0 Å². The van der Waals surface area contributed by atoms with E-state index in [0.717, 1.165) is 16.8 Å². The Labute approximate surface area is 86.9 Å². The fraction of sp³-hybridized carbons (Fsp3) is 0.231. The summed E-state index contributed by atoms with van der Waals surface area (Å²) in [7, 11) is 1.80. The van der Waals surface area contributed by atoms with Crippen molar-refractivity contribution in [3.63, 3.8) is 0 Å². The van der Waals surface area contributed by atoms with E-state index >= 15 is 0 Å². The van der Waals surface area contributed by atoms with Crippen molar-refractivity contribution in [1.29, 1.82) is 0 Å². The van der Waals surface area contributed by atoms with Crippen molar-refractivity contribution in [1.82, 2.24) is 5.32 Å². The average Bonchev–Trinajstić information content (AvgIpc) is 2.17. The van der Waals surface area contributed by atoms with Crippen molar-refractivity contribution in [3.05, 3.63) is 47.7 Å². The highest BCUT2D eigenvalue weighted by Crippen LogP contribution is 2.08. The zero-order valence-corrected chi connectivity index (χ0v) is 9.09. The van der Waals surface area contributed by atoms with Crippen molar-refractivity contribution < 1.29 is 0 Å². The van der Waals surface area contributed by atoms with Gasteiger partial charge in [0, 0.05) is 7.05 Å². The lowest BCUT2D eigenvalue weighted by Crippen LogP contribution is -2.02. The van der Waals surface area contributed by atoms with Crippen LogP contribution in [0, 0.1) is 12.3 Å². The van der Waals surface area contributed by atoms with Crippen molar-refractivity contribution in [2.75, 3.05) is 7.05 Å². The quantitative estimate of drug-likeness (QED) is 0.527. The molecule has 0 aromatic heterocycles. The summed E-state index contributed by atoms with van der Waals surface area (Å²) < 4.78 is 0. The largest absolute Gasteiger partial charge is 0.381 e. The molecule has 0 unspecified atom stereocenters. The van der Waals surface area contributed by atoms with Gasteiger partial charge >= 0.3 is 0 Å². The second kappa shape index (κ2) is 6.80. The molecule has 1 heteroatoms. The molecule has 0 bridgehead atoms. The van der Waals surface area contributed by atoms with E-state index in [1.165, 1.54) is 0 Å². The van der Waals surface area contributed by atoms with Crippen LogP contribution in [0.15, 0.2) is 47.7 Å². The highest BCUT2D eigenvalue weighted by Gasteiger charge is 1.90. The minimum absolute atomic E-state index is 0.758. The minimum Gasteiger partial charge on any atom is -0.381 e. The van der Waals surface area contributed by atoms with Crippen LogP contribution in [0.5, 0.6) is 0 Å². The molecule has 0 atom stereocenters. The third kappa shape index (κ3) is 4.37. The molecule has 74 valence electrons. The molecule has 1 nitrogen and oxygen atoms in total. The maximum Gasteiger partial charge on any atom is 0.0848 e. The van der Waals surface area contributed by atoms with Crippen LogP contribution < -0.4 is 5.32 Å². The molecule has 14 heavy (non-hydrogen) atoms. The summed E-state index contributed by atoms with van der Waals surface area (Å²) in [5.41, 5.74) is 2.86. The SMILES string of the molecule is C#C/C(=C/C=C(\C=C\C)C(=C)C)NC. The molecule has 0 aromatic carbocycles. The maximum absolute atomic E-state index is 5.27. The van der Waals surface area contributed by atoms with E-state index in [9.17, 15) is 0 Å². The Morgan fingerprint density at radius 3 is 2.43 bits per heavy atom. The molecule has 0 saturated carbocycles. The summed E-state index contributed by atoms with van der Waals surface area (Å²) >= 11 is 0. The number of terminal acetylenes is 1. The number of rotatable bonds is 4. The number of hydrogen-bond donors (Lipinski definition) is 1. The first kappa shape index (κ1) is 12.3. The highest BCUT2D eigenvalue weighted by molar-refractivity contribution is 5.41. The second-order valence-electron chi connectivity index (χ2n) is 2.88. The van der Waals surface area contributed by atoms with Gasteiger partial charge in [-0.1, -0.05) is 36.3 Å². The molecule has 0 heterocycles. The minimum atomic E-state index is 0.758. The van der Waals surface area contributed by atoms with E-state index in [-0.39, 0.29) is 0 Å². The van der Waals surface area contributed by atoms with E-state index in [2.05, 4.69) is 17.8 Å². The normalized spacial score (nSPS) is 12.7. The first-order chi connectivity index (χ1) is 6.65. The van der Waals surface area contributed by atoms with E-state index in [0.29, 0.717) is 0 Å². The van der Waals surface area contributed by atoms with E-state index in [4.69, 9.17) is 6.42 Å². The molecule has 1 N–H and O–H groups in total. The van der Waals surface area contributed by atoms with E-state index in [1.54, 1.807) is 7.05 Å². The lowest BCUT2D eigenvalue weighted by molar-refractivity contribution is 1.05. The standard InChI is InChI=1S/C13H17N/c1-6-8-12(11(3)4)9-10-13(7-2)14-5/h2,6,8-10,14H,3H2,1,4-5H3/b8-6+,12-9+,13-10-. The first-order valence-electron chi connectivity index (χ1n) is 4.50. The molecule has 0 amide bonds. The smallest absolute Gasteiger partial charge is 0.0848 e. The third-order valence-electron chi connectivity index (χ3n) is 1.69. The summed E-state index contributed by atoms with van der Waals surface area (Å²) in [5.74, 6) is 2.54. The Morgan fingerprint density at radius 2 is 2.07 bits per heavy atom. The maximum atomic E-state index is 5.27. The molecule has 0 aromatic rings. The molecule has 0 rings (SSSR count). The highest BCUT2D eigenvalue weighted by atomic mass is 14.8. The third-order valence-corrected chi connectivity index (χ3v) is 1.69. The molecule has 0 aliphatic carbocycles. The fourth-order valence-electron chi connectivity index (χ4n) is 0.896. The topological polar surface area (TPSA) is 12.0 Å². The first-order valence-corrected chi connectivity index (χ1v) is 4.50. The molecule has 0 fully saturated rings. The predicted molar refractivity (Wildman–Crippen MR) is 63.7 cm³/mol. The number of allylic oxidation sites excluding steroid dienone is 7. The van der Waals surface area contributed by atoms with Crippen molar-refractivity contribution >= 4 is 0 Å². The predicted octanol–water partition coefficient (Wildman–Crippen LogP) is 2.80. The lowest BCUT2D eigenvalue weighted by atomic mass is 10.1. The van der Waals surface area contributed by atoms with Gasteiger partial charge in [-0.15, -0.1) is 6.42 Å².